The van der Waals surface area contributed by atoms with Gasteiger partial charge in [0.05, 0.1) is 28.7 Å². The number of hydrogen-bond acceptors (Lipinski definition) is 7. The summed E-state index contributed by atoms with van der Waals surface area (Å²) < 4.78 is 25.2. The first kappa shape index (κ1) is 24.7. The number of ether oxygens (including phenoxy) is 2. The number of halogens is 2. The number of nitrogens with zero attached hydrogens (tertiary/aromatic N) is 3. The molecule has 190 valence electrons. The molecule has 4 heterocycles. The fraction of sp³-hybridized carbons (Fsp3) is 0.423. The van der Waals surface area contributed by atoms with Gasteiger partial charge in [0, 0.05) is 24.8 Å². The van der Waals surface area contributed by atoms with E-state index in [2.05, 4.69) is 32.4 Å². The standard InChI is InChI=1S/C26H29ClFN5O3/c1-15(11-18-19(27)13-30-21-5-4-20(28)25(35-2)24(18)21)33-9-7-16(8-10-33)29-12-17-3-6-22-26(31-17)32-23(34)14-36-22/h3-6,13,15-16,29H,7-12,14H2,1-2H3,(H,31,32,34). The van der Waals surface area contributed by atoms with Crippen LogP contribution in [0.15, 0.2) is 30.5 Å². The minimum atomic E-state index is -0.418. The summed E-state index contributed by atoms with van der Waals surface area (Å²) in [6, 6.07) is 7.38. The van der Waals surface area contributed by atoms with Crippen LogP contribution in [0.5, 0.6) is 11.5 Å². The van der Waals surface area contributed by atoms with Gasteiger partial charge in [-0.25, -0.2) is 9.37 Å². The van der Waals surface area contributed by atoms with Crippen LogP contribution >= 0.6 is 11.6 Å². The van der Waals surface area contributed by atoms with Gasteiger partial charge in [-0.05, 0) is 69.1 Å². The summed E-state index contributed by atoms with van der Waals surface area (Å²) in [6.07, 6.45) is 4.30. The van der Waals surface area contributed by atoms with Gasteiger partial charge in [0.2, 0.25) is 0 Å². The van der Waals surface area contributed by atoms with Gasteiger partial charge in [-0.1, -0.05) is 11.6 Å². The predicted molar refractivity (Wildman–Crippen MR) is 136 cm³/mol. The molecule has 0 spiro atoms. The van der Waals surface area contributed by atoms with Crippen molar-refractivity contribution in [1.82, 2.24) is 20.2 Å². The molecule has 0 saturated carbocycles. The molecule has 0 radical (unpaired) electrons. The van der Waals surface area contributed by atoms with E-state index in [0.717, 1.165) is 37.2 Å². The highest BCUT2D eigenvalue weighted by molar-refractivity contribution is 6.32. The largest absolute Gasteiger partial charge is 0.493 e. The first-order chi connectivity index (χ1) is 17.4. The first-order valence-electron chi connectivity index (χ1n) is 12.1. The Morgan fingerprint density at radius 2 is 2.11 bits per heavy atom. The highest BCUT2D eigenvalue weighted by Crippen LogP contribution is 2.35. The van der Waals surface area contributed by atoms with Gasteiger partial charge in [0.15, 0.2) is 29.7 Å². The SMILES string of the molecule is COc1c(F)ccc2ncc(Cl)c(CC(C)N3CCC(NCc4ccc5c(n4)NC(=O)CO5)CC3)c12. The maximum absolute atomic E-state index is 14.4. The molecular formula is C26H29ClFN5O3. The summed E-state index contributed by atoms with van der Waals surface area (Å²) in [7, 11) is 1.47. The van der Waals surface area contributed by atoms with Crippen molar-refractivity contribution < 1.29 is 18.7 Å². The normalized spacial score (nSPS) is 17.4. The van der Waals surface area contributed by atoms with E-state index >= 15 is 0 Å². The maximum atomic E-state index is 14.4. The Labute approximate surface area is 214 Å². The second-order valence-electron chi connectivity index (χ2n) is 9.29. The van der Waals surface area contributed by atoms with Crippen LogP contribution in [0.25, 0.3) is 10.9 Å². The minimum absolute atomic E-state index is 0.0251. The van der Waals surface area contributed by atoms with E-state index in [4.69, 9.17) is 21.1 Å². The topological polar surface area (TPSA) is 88.6 Å². The molecule has 1 saturated heterocycles. The molecule has 0 aliphatic carbocycles. The van der Waals surface area contributed by atoms with Crippen LogP contribution in [0.1, 0.15) is 31.0 Å². The van der Waals surface area contributed by atoms with Gasteiger partial charge in [0.1, 0.15) is 0 Å². The number of anilines is 1. The minimum Gasteiger partial charge on any atom is -0.493 e. The molecule has 2 aliphatic heterocycles. The van der Waals surface area contributed by atoms with Crippen molar-refractivity contribution >= 4 is 34.2 Å². The lowest BCUT2D eigenvalue weighted by Gasteiger charge is -2.36. The molecule has 8 nitrogen and oxygen atoms in total. The summed E-state index contributed by atoms with van der Waals surface area (Å²) in [5.41, 5.74) is 2.39. The average Bonchev–Trinajstić information content (AvgIpc) is 2.89. The Hall–Kier alpha value is -3.01. The number of aromatic nitrogens is 2. The molecule has 3 aromatic rings. The van der Waals surface area contributed by atoms with E-state index in [1.807, 2.05) is 12.1 Å². The van der Waals surface area contributed by atoms with Crippen molar-refractivity contribution in [3.63, 3.8) is 0 Å². The number of benzene rings is 1. The smallest absolute Gasteiger partial charge is 0.263 e. The number of amides is 1. The Balaban J connectivity index is 1.19. The van der Waals surface area contributed by atoms with Gasteiger partial charge in [0.25, 0.3) is 5.91 Å². The summed E-state index contributed by atoms with van der Waals surface area (Å²) in [4.78, 5) is 22.9. The van der Waals surface area contributed by atoms with E-state index in [1.165, 1.54) is 13.2 Å². The quantitative estimate of drug-likeness (QED) is 0.494. The van der Waals surface area contributed by atoms with Crippen LogP contribution in [-0.2, 0) is 17.8 Å². The lowest BCUT2D eigenvalue weighted by molar-refractivity contribution is -0.118. The highest BCUT2D eigenvalue weighted by Gasteiger charge is 2.25. The number of pyridine rings is 2. The van der Waals surface area contributed by atoms with E-state index in [9.17, 15) is 9.18 Å². The summed E-state index contributed by atoms with van der Waals surface area (Å²) >= 11 is 6.54. The van der Waals surface area contributed by atoms with Crippen molar-refractivity contribution in [3.8, 4) is 11.5 Å². The second kappa shape index (κ2) is 10.5. The molecule has 1 atom stereocenters. The summed E-state index contributed by atoms with van der Waals surface area (Å²) in [6.45, 7) is 4.69. The van der Waals surface area contributed by atoms with Gasteiger partial charge < -0.3 is 25.0 Å². The fourth-order valence-corrected chi connectivity index (χ4v) is 5.21. The Bertz CT molecular complexity index is 1280. The lowest BCUT2D eigenvalue weighted by Crippen LogP contribution is -2.46. The third-order valence-corrected chi connectivity index (χ3v) is 7.28. The third kappa shape index (κ3) is 5.09. The number of rotatable bonds is 7. The Morgan fingerprint density at radius 1 is 1.31 bits per heavy atom. The number of carbonyl (C=O) groups excluding carboxylic acids is 1. The molecule has 2 aromatic heterocycles. The van der Waals surface area contributed by atoms with Crippen LogP contribution in [0, 0.1) is 5.82 Å². The van der Waals surface area contributed by atoms with Gasteiger partial charge >= 0.3 is 0 Å². The van der Waals surface area contributed by atoms with E-state index < -0.39 is 5.82 Å². The zero-order valence-corrected chi connectivity index (χ0v) is 21.1. The number of likely N-dealkylation sites (tertiary alicyclic amines) is 1. The van der Waals surface area contributed by atoms with Crippen molar-refractivity contribution in [2.24, 2.45) is 0 Å². The molecule has 0 bridgehead atoms. The van der Waals surface area contributed by atoms with Crippen molar-refractivity contribution in [2.45, 2.75) is 44.8 Å². The average molecular weight is 514 g/mol. The summed E-state index contributed by atoms with van der Waals surface area (Å²) in [5.74, 6) is 0.662. The molecule has 2 aliphatic rings. The Kier molecular flexibility index (Phi) is 7.22. The molecule has 10 heteroatoms. The predicted octanol–water partition coefficient (Wildman–Crippen LogP) is 3.95. The zero-order chi connectivity index (χ0) is 25.2. The zero-order valence-electron chi connectivity index (χ0n) is 20.3. The van der Waals surface area contributed by atoms with E-state index in [0.29, 0.717) is 46.5 Å². The van der Waals surface area contributed by atoms with Crippen LogP contribution in [0.2, 0.25) is 5.02 Å². The number of nitrogens with one attached hydrogen (secondary N) is 2. The van der Waals surface area contributed by atoms with Crippen molar-refractivity contribution in [3.05, 3.63) is 52.6 Å². The van der Waals surface area contributed by atoms with Crippen LogP contribution in [0.4, 0.5) is 10.2 Å². The van der Waals surface area contributed by atoms with Crippen LogP contribution in [-0.4, -0.2) is 59.7 Å². The van der Waals surface area contributed by atoms with Crippen molar-refractivity contribution in [2.75, 3.05) is 32.1 Å². The van der Waals surface area contributed by atoms with Gasteiger partial charge in [-0.2, -0.15) is 0 Å². The second-order valence-corrected chi connectivity index (χ2v) is 9.70. The molecule has 5 rings (SSSR count). The molecule has 2 N–H and O–H groups in total. The maximum Gasteiger partial charge on any atom is 0.263 e. The number of hydrogen-bond donors (Lipinski definition) is 2. The molecule has 1 unspecified atom stereocenters. The summed E-state index contributed by atoms with van der Waals surface area (Å²) in [5, 5.41) is 7.51. The molecular weight excluding hydrogens is 485 g/mol. The first-order valence-corrected chi connectivity index (χ1v) is 12.5. The van der Waals surface area contributed by atoms with Gasteiger partial charge in [-0.3, -0.25) is 9.78 Å². The number of piperidine rings is 1. The molecule has 36 heavy (non-hydrogen) atoms. The molecule has 1 amide bonds. The molecule has 1 fully saturated rings. The van der Waals surface area contributed by atoms with E-state index in [-0.39, 0.29) is 24.3 Å². The molecule has 1 aromatic carbocycles. The highest BCUT2D eigenvalue weighted by atomic mass is 35.5. The van der Waals surface area contributed by atoms with E-state index in [1.54, 1.807) is 12.3 Å². The lowest BCUT2D eigenvalue weighted by atomic mass is 9.97. The van der Waals surface area contributed by atoms with Crippen LogP contribution in [0.3, 0.4) is 0 Å². The number of fused-ring (bicyclic) bond motifs is 2. The Morgan fingerprint density at radius 3 is 2.89 bits per heavy atom. The van der Waals surface area contributed by atoms with Gasteiger partial charge in [-0.15, -0.1) is 0 Å². The number of methoxy groups -OCH3 is 1. The third-order valence-electron chi connectivity index (χ3n) is 6.96. The van der Waals surface area contributed by atoms with Crippen molar-refractivity contribution in [1.29, 1.82) is 0 Å². The fourth-order valence-electron chi connectivity index (χ4n) is 4.99. The monoisotopic (exact) mass is 513 g/mol. The van der Waals surface area contributed by atoms with Crippen LogP contribution < -0.4 is 20.1 Å². The number of carbonyl (C=O) groups is 1.